The van der Waals surface area contributed by atoms with Crippen LogP contribution < -0.4 is 14.2 Å². The molecule has 1 aromatic carbocycles. The van der Waals surface area contributed by atoms with Crippen LogP contribution in [-0.2, 0) is 0 Å². The van der Waals surface area contributed by atoms with Crippen LogP contribution >= 0.6 is 0 Å². The number of ether oxygens (including phenoxy) is 3. The van der Waals surface area contributed by atoms with Gasteiger partial charge < -0.3 is 24.0 Å². The van der Waals surface area contributed by atoms with Crippen molar-refractivity contribution < 1.29 is 23.8 Å². The molecule has 2 amide bonds. The first kappa shape index (κ1) is 19.5. The maximum Gasteiger partial charge on any atom is 0.259 e. The predicted molar refractivity (Wildman–Crippen MR) is 102 cm³/mol. The third kappa shape index (κ3) is 4.00. The summed E-state index contributed by atoms with van der Waals surface area (Å²) < 4.78 is 15.6. The van der Waals surface area contributed by atoms with Gasteiger partial charge in [-0.25, -0.2) is 4.98 Å². The van der Waals surface area contributed by atoms with Crippen molar-refractivity contribution in [2.45, 2.75) is 0 Å². The van der Waals surface area contributed by atoms with Gasteiger partial charge in [-0.1, -0.05) is 0 Å². The second kappa shape index (κ2) is 8.60. The molecule has 1 aliphatic rings. The molecule has 2 heterocycles. The van der Waals surface area contributed by atoms with E-state index in [1.165, 1.54) is 7.11 Å². The second-order valence-electron chi connectivity index (χ2n) is 6.25. The summed E-state index contributed by atoms with van der Waals surface area (Å²) in [4.78, 5) is 33.1. The van der Waals surface area contributed by atoms with Crippen LogP contribution in [0.25, 0.3) is 0 Å². The first-order chi connectivity index (χ1) is 13.6. The fourth-order valence-electron chi connectivity index (χ4n) is 3.11. The average molecular weight is 385 g/mol. The Morgan fingerprint density at radius 3 is 1.96 bits per heavy atom. The van der Waals surface area contributed by atoms with Crippen molar-refractivity contribution >= 4 is 11.8 Å². The molecule has 0 aliphatic carbocycles. The summed E-state index contributed by atoms with van der Waals surface area (Å²) >= 11 is 0. The summed E-state index contributed by atoms with van der Waals surface area (Å²) in [6.45, 7) is 1.74. The summed E-state index contributed by atoms with van der Waals surface area (Å²) in [6.07, 6.45) is 1.58. The number of rotatable bonds is 5. The zero-order valence-electron chi connectivity index (χ0n) is 16.2. The largest absolute Gasteiger partial charge is 0.497 e. The third-order valence-electron chi connectivity index (χ3n) is 4.65. The molecule has 3 rings (SSSR count). The van der Waals surface area contributed by atoms with E-state index in [4.69, 9.17) is 14.2 Å². The molecule has 1 fully saturated rings. The summed E-state index contributed by atoms with van der Waals surface area (Å²) in [5.41, 5.74) is 0.909. The highest BCUT2D eigenvalue weighted by Crippen LogP contribution is 2.24. The monoisotopic (exact) mass is 385 g/mol. The molecule has 28 heavy (non-hydrogen) atoms. The number of hydrogen-bond acceptors (Lipinski definition) is 6. The number of carbonyl (C=O) groups is 2. The smallest absolute Gasteiger partial charge is 0.259 e. The number of benzene rings is 1. The standard InChI is InChI=1S/C20H23N3O5/c1-26-15-11-14(12-16(13-15)27-2)19(24)22-7-9-23(10-8-22)20(25)17-5-4-6-21-18(17)28-3/h4-6,11-13H,7-10H2,1-3H3. The van der Waals surface area contributed by atoms with E-state index in [1.807, 2.05) is 0 Å². The van der Waals surface area contributed by atoms with Gasteiger partial charge in [-0.2, -0.15) is 0 Å². The lowest BCUT2D eigenvalue weighted by molar-refractivity contribution is 0.0533. The van der Waals surface area contributed by atoms with Gasteiger partial charge in [-0.05, 0) is 24.3 Å². The Balaban J connectivity index is 1.68. The zero-order chi connectivity index (χ0) is 20.1. The third-order valence-corrected chi connectivity index (χ3v) is 4.65. The quantitative estimate of drug-likeness (QED) is 0.779. The summed E-state index contributed by atoms with van der Waals surface area (Å²) in [7, 11) is 4.57. The number of hydrogen-bond donors (Lipinski definition) is 0. The maximum atomic E-state index is 12.9. The Hall–Kier alpha value is -3.29. The van der Waals surface area contributed by atoms with Crippen LogP contribution in [0.15, 0.2) is 36.5 Å². The van der Waals surface area contributed by atoms with E-state index < -0.39 is 0 Å². The molecule has 8 nitrogen and oxygen atoms in total. The topological polar surface area (TPSA) is 81.2 Å². The number of amides is 2. The Labute approximate surface area is 163 Å². The fourth-order valence-corrected chi connectivity index (χ4v) is 3.11. The minimum atomic E-state index is -0.153. The number of pyridine rings is 1. The zero-order valence-corrected chi connectivity index (χ0v) is 16.2. The van der Waals surface area contributed by atoms with Gasteiger partial charge >= 0.3 is 0 Å². The average Bonchev–Trinajstić information content (AvgIpc) is 2.77. The van der Waals surface area contributed by atoms with E-state index in [1.54, 1.807) is 60.5 Å². The highest BCUT2D eigenvalue weighted by atomic mass is 16.5. The van der Waals surface area contributed by atoms with Gasteiger partial charge in [0.1, 0.15) is 17.1 Å². The van der Waals surface area contributed by atoms with Crippen LogP contribution in [0.3, 0.4) is 0 Å². The lowest BCUT2D eigenvalue weighted by Gasteiger charge is -2.35. The maximum absolute atomic E-state index is 12.9. The molecule has 0 unspecified atom stereocenters. The molecule has 0 spiro atoms. The van der Waals surface area contributed by atoms with Gasteiger partial charge in [-0.3, -0.25) is 9.59 Å². The van der Waals surface area contributed by atoms with Crippen LogP contribution in [0.5, 0.6) is 17.4 Å². The summed E-state index contributed by atoms with van der Waals surface area (Å²) in [5, 5.41) is 0. The molecule has 0 saturated carbocycles. The molecule has 0 radical (unpaired) electrons. The van der Waals surface area contributed by atoms with Crippen molar-refractivity contribution in [3.8, 4) is 17.4 Å². The molecule has 0 bridgehead atoms. The Morgan fingerprint density at radius 2 is 1.43 bits per heavy atom. The molecular weight excluding hydrogens is 362 g/mol. The highest BCUT2D eigenvalue weighted by molar-refractivity contribution is 5.97. The molecule has 2 aromatic rings. The Bertz CT molecular complexity index is 840. The van der Waals surface area contributed by atoms with Crippen molar-refractivity contribution in [3.63, 3.8) is 0 Å². The summed E-state index contributed by atoms with van der Waals surface area (Å²) in [5.74, 6) is 1.14. The molecule has 148 valence electrons. The van der Waals surface area contributed by atoms with Crippen molar-refractivity contribution in [1.82, 2.24) is 14.8 Å². The van der Waals surface area contributed by atoms with Crippen molar-refractivity contribution in [2.75, 3.05) is 47.5 Å². The predicted octanol–water partition coefficient (Wildman–Crippen LogP) is 1.71. The lowest BCUT2D eigenvalue weighted by atomic mass is 10.1. The lowest BCUT2D eigenvalue weighted by Crippen LogP contribution is -2.50. The van der Waals surface area contributed by atoms with Crippen LogP contribution in [0.1, 0.15) is 20.7 Å². The van der Waals surface area contributed by atoms with Crippen molar-refractivity contribution in [3.05, 3.63) is 47.7 Å². The van der Waals surface area contributed by atoms with Gasteiger partial charge in [0, 0.05) is 44.0 Å². The van der Waals surface area contributed by atoms with E-state index in [-0.39, 0.29) is 11.8 Å². The van der Waals surface area contributed by atoms with Crippen molar-refractivity contribution in [2.24, 2.45) is 0 Å². The number of nitrogens with zero attached hydrogens (tertiary/aromatic N) is 3. The van der Waals surface area contributed by atoms with Crippen LogP contribution in [0, 0.1) is 0 Å². The fraction of sp³-hybridized carbons (Fsp3) is 0.350. The number of carbonyl (C=O) groups excluding carboxylic acids is 2. The van der Waals surface area contributed by atoms with Crippen molar-refractivity contribution in [1.29, 1.82) is 0 Å². The Kier molecular flexibility index (Phi) is 5.98. The van der Waals surface area contributed by atoms with Gasteiger partial charge in [-0.15, -0.1) is 0 Å². The number of methoxy groups -OCH3 is 3. The van der Waals surface area contributed by atoms with Gasteiger partial charge in [0.05, 0.1) is 21.3 Å². The van der Waals surface area contributed by atoms with Gasteiger partial charge in [0.2, 0.25) is 5.88 Å². The van der Waals surface area contributed by atoms with Gasteiger partial charge in [0.25, 0.3) is 11.8 Å². The van der Waals surface area contributed by atoms with E-state index in [2.05, 4.69) is 4.98 Å². The molecule has 1 saturated heterocycles. The molecule has 1 aliphatic heterocycles. The van der Waals surface area contributed by atoms with Crippen LogP contribution in [0.2, 0.25) is 0 Å². The normalized spacial score (nSPS) is 13.8. The molecule has 1 aromatic heterocycles. The minimum Gasteiger partial charge on any atom is -0.497 e. The van der Waals surface area contributed by atoms with E-state index in [9.17, 15) is 9.59 Å². The number of aromatic nitrogens is 1. The van der Waals surface area contributed by atoms with E-state index >= 15 is 0 Å². The van der Waals surface area contributed by atoms with E-state index in [0.29, 0.717) is 54.7 Å². The van der Waals surface area contributed by atoms with Crippen LogP contribution in [0.4, 0.5) is 0 Å². The Morgan fingerprint density at radius 1 is 0.857 bits per heavy atom. The number of piperazine rings is 1. The SMILES string of the molecule is COc1cc(OC)cc(C(=O)N2CCN(C(=O)c3cccnc3OC)CC2)c1. The molecule has 0 N–H and O–H groups in total. The molecule has 8 heteroatoms. The van der Waals surface area contributed by atoms with Gasteiger partial charge in [0.15, 0.2) is 0 Å². The second-order valence-corrected chi connectivity index (χ2v) is 6.25. The molecule has 0 atom stereocenters. The summed E-state index contributed by atoms with van der Waals surface area (Å²) in [6, 6.07) is 8.47. The minimum absolute atomic E-state index is 0.122. The van der Waals surface area contributed by atoms with Crippen LogP contribution in [-0.4, -0.2) is 74.1 Å². The first-order valence-corrected chi connectivity index (χ1v) is 8.88. The molecular formula is C20H23N3O5. The van der Waals surface area contributed by atoms with E-state index in [0.717, 1.165) is 0 Å². The first-order valence-electron chi connectivity index (χ1n) is 8.88. The highest BCUT2D eigenvalue weighted by Gasteiger charge is 2.27.